The molecule has 0 bridgehead atoms. The van der Waals surface area contributed by atoms with E-state index in [2.05, 4.69) is 16.1 Å². The fourth-order valence-corrected chi connectivity index (χ4v) is 2.05. The minimum Gasteiger partial charge on any atom is -0.493 e. The van der Waals surface area contributed by atoms with Crippen LogP contribution in [0.4, 0.5) is 0 Å². The molecule has 1 atom stereocenters. The van der Waals surface area contributed by atoms with Crippen LogP contribution in [0.15, 0.2) is 24.3 Å². The zero-order valence-electron chi connectivity index (χ0n) is 9.94. The molecule has 17 heavy (non-hydrogen) atoms. The fraction of sp³-hybridized carbons (Fsp3) is 0.462. The summed E-state index contributed by atoms with van der Waals surface area (Å²) in [4.78, 5) is 11.0. The quantitative estimate of drug-likeness (QED) is 0.799. The average molecular weight is 235 g/mol. The third-order valence-corrected chi connectivity index (χ3v) is 2.97. The number of fused-ring (bicyclic) bond motifs is 1. The highest BCUT2D eigenvalue weighted by atomic mass is 16.5. The summed E-state index contributed by atoms with van der Waals surface area (Å²) < 4.78 is 10.2. The highest BCUT2D eigenvalue weighted by Crippen LogP contribution is 2.32. The first-order valence-electron chi connectivity index (χ1n) is 5.80. The SMILES string of the molecule is COC(=O)CNCC1CCOc2ccccc21. The molecule has 1 aliphatic rings. The molecule has 0 saturated carbocycles. The molecule has 2 rings (SSSR count). The summed E-state index contributed by atoms with van der Waals surface area (Å²) in [6, 6.07) is 8.06. The summed E-state index contributed by atoms with van der Waals surface area (Å²) in [5.41, 5.74) is 1.22. The van der Waals surface area contributed by atoms with Crippen molar-refractivity contribution >= 4 is 5.97 Å². The number of methoxy groups -OCH3 is 1. The normalized spacial score (nSPS) is 18.1. The lowest BCUT2D eigenvalue weighted by Gasteiger charge is -2.25. The molecule has 1 aromatic rings. The molecule has 0 aliphatic carbocycles. The van der Waals surface area contributed by atoms with Crippen LogP contribution in [0.2, 0.25) is 0 Å². The van der Waals surface area contributed by atoms with Crippen LogP contribution in [0.1, 0.15) is 17.9 Å². The molecule has 0 fully saturated rings. The molecule has 1 aliphatic heterocycles. The van der Waals surface area contributed by atoms with Gasteiger partial charge in [-0.3, -0.25) is 4.79 Å². The monoisotopic (exact) mass is 235 g/mol. The number of esters is 1. The molecule has 1 aromatic carbocycles. The number of carbonyl (C=O) groups excluding carboxylic acids is 1. The van der Waals surface area contributed by atoms with E-state index in [4.69, 9.17) is 4.74 Å². The summed E-state index contributed by atoms with van der Waals surface area (Å²) in [7, 11) is 1.40. The number of para-hydroxylation sites is 1. The number of carbonyl (C=O) groups is 1. The van der Waals surface area contributed by atoms with Crippen LogP contribution in [0.25, 0.3) is 0 Å². The van der Waals surface area contributed by atoms with Crippen LogP contribution in [-0.2, 0) is 9.53 Å². The molecule has 0 spiro atoms. The summed E-state index contributed by atoms with van der Waals surface area (Å²) in [6.07, 6.45) is 0.977. The van der Waals surface area contributed by atoms with Crippen LogP contribution >= 0.6 is 0 Å². The number of ether oxygens (including phenoxy) is 2. The highest BCUT2D eigenvalue weighted by molar-refractivity contribution is 5.71. The van der Waals surface area contributed by atoms with E-state index in [0.29, 0.717) is 5.92 Å². The van der Waals surface area contributed by atoms with Crippen molar-refractivity contribution in [2.24, 2.45) is 0 Å². The highest BCUT2D eigenvalue weighted by Gasteiger charge is 2.20. The zero-order valence-corrected chi connectivity index (χ0v) is 9.94. The van der Waals surface area contributed by atoms with Crippen molar-refractivity contribution in [3.8, 4) is 5.75 Å². The summed E-state index contributed by atoms with van der Waals surface area (Å²) in [6.45, 7) is 1.77. The van der Waals surface area contributed by atoms with Crippen molar-refractivity contribution in [3.63, 3.8) is 0 Å². The van der Waals surface area contributed by atoms with Gasteiger partial charge in [-0.1, -0.05) is 18.2 Å². The molecule has 0 aromatic heterocycles. The van der Waals surface area contributed by atoms with Crippen LogP contribution in [-0.4, -0.2) is 32.8 Å². The zero-order chi connectivity index (χ0) is 12.1. The van der Waals surface area contributed by atoms with E-state index >= 15 is 0 Å². The molecule has 92 valence electrons. The molecule has 1 N–H and O–H groups in total. The fourth-order valence-electron chi connectivity index (χ4n) is 2.05. The Balaban J connectivity index is 1.92. The van der Waals surface area contributed by atoms with Crippen molar-refractivity contribution in [1.82, 2.24) is 5.32 Å². The smallest absolute Gasteiger partial charge is 0.319 e. The van der Waals surface area contributed by atoms with Crippen LogP contribution < -0.4 is 10.1 Å². The predicted octanol–water partition coefficient (Wildman–Crippen LogP) is 1.32. The molecule has 1 heterocycles. The van der Waals surface area contributed by atoms with E-state index in [9.17, 15) is 4.79 Å². The molecule has 4 nitrogen and oxygen atoms in total. The number of nitrogens with one attached hydrogen (secondary N) is 1. The number of rotatable bonds is 4. The molecule has 0 saturated heterocycles. The minimum atomic E-state index is -0.231. The molecule has 0 radical (unpaired) electrons. The maximum Gasteiger partial charge on any atom is 0.319 e. The second-order valence-electron chi connectivity index (χ2n) is 4.08. The van der Waals surface area contributed by atoms with E-state index in [0.717, 1.165) is 25.3 Å². The lowest BCUT2D eigenvalue weighted by atomic mass is 9.93. The Kier molecular flexibility index (Phi) is 3.98. The Morgan fingerprint density at radius 2 is 2.35 bits per heavy atom. The van der Waals surface area contributed by atoms with E-state index < -0.39 is 0 Å². The van der Waals surface area contributed by atoms with Gasteiger partial charge in [0.2, 0.25) is 0 Å². The predicted molar refractivity (Wildman–Crippen MR) is 64.2 cm³/mol. The lowest BCUT2D eigenvalue weighted by Crippen LogP contribution is -2.30. The van der Waals surface area contributed by atoms with Crippen LogP contribution in [0.5, 0.6) is 5.75 Å². The maximum atomic E-state index is 11.0. The van der Waals surface area contributed by atoms with Gasteiger partial charge in [-0.25, -0.2) is 0 Å². The van der Waals surface area contributed by atoms with Gasteiger partial charge in [0.15, 0.2) is 0 Å². The molecule has 4 heteroatoms. The summed E-state index contributed by atoms with van der Waals surface area (Å²) in [5, 5.41) is 3.12. The maximum absolute atomic E-state index is 11.0. The van der Waals surface area contributed by atoms with E-state index in [1.807, 2.05) is 18.2 Å². The average Bonchev–Trinajstić information content (AvgIpc) is 2.39. The van der Waals surface area contributed by atoms with Gasteiger partial charge in [0.1, 0.15) is 5.75 Å². The lowest BCUT2D eigenvalue weighted by molar-refractivity contribution is -0.139. The Labute approximate surface area is 101 Å². The van der Waals surface area contributed by atoms with E-state index in [1.165, 1.54) is 12.7 Å². The summed E-state index contributed by atoms with van der Waals surface area (Å²) >= 11 is 0. The second kappa shape index (κ2) is 5.68. The molecule has 1 unspecified atom stereocenters. The summed E-state index contributed by atoms with van der Waals surface area (Å²) in [5.74, 6) is 1.14. The van der Waals surface area contributed by atoms with Gasteiger partial charge in [-0.2, -0.15) is 0 Å². The van der Waals surface area contributed by atoms with Gasteiger partial charge in [0, 0.05) is 12.5 Å². The Hall–Kier alpha value is -1.55. The topological polar surface area (TPSA) is 47.6 Å². The van der Waals surface area contributed by atoms with Gasteiger partial charge < -0.3 is 14.8 Å². The van der Waals surface area contributed by atoms with Crippen molar-refractivity contribution in [2.45, 2.75) is 12.3 Å². The largest absolute Gasteiger partial charge is 0.493 e. The van der Waals surface area contributed by atoms with Crippen molar-refractivity contribution in [2.75, 3.05) is 26.8 Å². The van der Waals surface area contributed by atoms with Crippen LogP contribution in [0, 0.1) is 0 Å². The van der Waals surface area contributed by atoms with Gasteiger partial charge in [0.05, 0.1) is 20.3 Å². The number of benzene rings is 1. The van der Waals surface area contributed by atoms with Crippen molar-refractivity contribution in [3.05, 3.63) is 29.8 Å². The van der Waals surface area contributed by atoms with E-state index in [1.54, 1.807) is 0 Å². The van der Waals surface area contributed by atoms with Crippen molar-refractivity contribution in [1.29, 1.82) is 0 Å². The second-order valence-corrected chi connectivity index (χ2v) is 4.08. The first kappa shape index (κ1) is 11.9. The molecular formula is C13H17NO3. The first-order chi connectivity index (χ1) is 8.31. The minimum absolute atomic E-state index is 0.231. The van der Waals surface area contributed by atoms with Gasteiger partial charge in [-0.15, -0.1) is 0 Å². The molecule has 0 amide bonds. The Morgan fingerprint density at radius 3 is 3.18 bits per heavy atom. The third kappa shape index (κ3) is 2.97. The van der Waals surface area contributed by atoms with Gasteiger partial charge in [-0.05, 0) is 18.1 Å². The molecular weight excluding hydrogens is 218 g/mol. The number of hydrogen-bond donors (Lipinski definition) is 1. The standard InChI is InChI=1S/C13H17NO3/c1-16-13(15)9-14-8-10-6-7-17-12-5-3-2-4-11(10)12/h2-5,10,14H,6-9H2,1H3. The van der Waals surface area contributed by atoms with E-state index in [-0.39, 0.29) is 12.5 Å². The van der Waals surface area contributed by atoms with Crippen LogP contribution in [0.3, 0.4) is 0 Å². The Bertz CT molecular complexity index is 392. The number of hydrogen-bond acceptors (Lipinski definition) is 4. The van der Waals surface area contributed by atoms with Gasteiger partial charge >= 0.3 is 5.97 Å². The first-order valence-corrected chi connectivity index (χ1v) is 5.80. The van der Waals surface area contributed by atoms with Gasteiger partial charge in [0.25, 0.3) is 0 Å². The third-order valence-electron chi connectivity index (χ3n) is 2.97. The van der Waals surface area contributed by atoms with Crippen molar-refractivity contribution < 1.29 is 14.3 Å². The Morgan fingerprint density at radius 1 is 1.53 bits per heavy atom.